The lowest BCUT2D eigenvalue weighted by Gasteiger charge is -2.37. The second kappa shape index (κ2) is 3.80. The number of amides is 4. The van der Waals surface area contributed by atoms with Crippen LogP contribution in [0.2, 0.25) is 0 Å². The normalized spacial score (nSPS) is 29.7. The van der Waals surface area contributed by atoms with Crippen molar-refractivity contribution < 1.29 is 14.4 Å². The molecule has 2 aliphatic rings. The van der Waals surface area contributed by atoms with Crippen LogP contribution in [-0.2, 0) is 9.59 Å². The van der Waals surface area contributed by atoms with Crippen molar-refractivity contribution in [2.75, 3.05) is 20.1 Å². The van der Waals surface area contributed by atoms with Crippen LogP contribution >= 0.6 is 0 Å². The number of likely N-dealkylation sites (N-methyl/N-ethyl adjacent to an activating group) is 1. The van der Waals surface area contributed by atoms with E-state index in [-0.39, 0.29) is 6.04 Å². The smallest absolute Gasteiger partial charge is 0.304 e. The molecule has 0 aromatic rings. The number of urea groups is 1. The van der Waals surface area contributed by atoms with Gasteiger partial charge in [-0.1, -0.05) is 0 Å². The summed E-state index contributed by atoms with van der Waals surface area (Å²) in [7, 11) is 1.95. The topological polar surface area (TPSA) is 69.7 Å². The molecule has 2 fully saturated rings. The van der Waals surface area contributed by atoms with Crippen molar-refractivity contribution in [3.63, 3.8) is 0 Å². The maximum atomic E-state index is 12.2. The highest BCUT2D eigenvalue weighted by Gasteiger charge is 2.49. The predicted octanol–water partition coefficient (Wildman–Crippen LogP) is -0.205. The fourth-order valence-corrected chi connectivity index (χ4v) is 2.26. The molecule has 2 rings (SSSR count). The van der Waals surface area contributed by atoms with Gasteiger partial charge in [0.2, 0.25) is 11.8 Å². The summed E-state index contributed by atoms with van der Waals surface area (Å²) < 4.78 is 0. The van der Waals surface area contributed by atoms with Crippen LogP contribution in [0.3, 0.4) is 0 Å². The van der Waals surface area contributed by atoms with Crippen molar-refractivity contribution >= 4 is 17.8 Å². The number of hydrogen-bond acceptors (Lipinski definition) is 4. The van der Waals surface area contributed by atoms with Crippen molar-refractivity contribution in [1.82, 2.24) is 15.1 Å². The van der Waals surface area contributed by atoms with Crippen LogP contribution in [0.4, 0.5) is 4.79 Å². The molecule has 17 heavy (non-hydrogen) atoms. The Kier molecular flexibility index (Phi) is 2.69. The Bertz CT molecular complexity index is 391. The van der Waals surface area contributed by atoms with E-state index in [9.17, 15) is 14.4 Å². The summed E-state index contributed by atoms with van der Waals surface area (Å²) in [6.07, 6.45) is 0.764. The molecule has 1 N–H and O–H groups in total. The van der Waals surface area contributed by atoms with Gasteiger partial charge in [-0.15, -0.1) is 0 Å². The molecular formula is C11H17N3O3. The monoisotopic (exact) mass is 239 g/mol. The number of barbiturate groups is 1. The summed E-state index contributed by atoms with van der Waals surface area (Å²) in [6, 6.07) is -0.709. The maximum Gasteiger partial charge on any atom is 0.331 e. The quantitative estimate of drug-likeness (QED) is 0.643. The standard InChI is InChI=1S/C11H17N3O3/c1-11(2)8(15)12-10(17)14(9(11)16)7-4-5-13(3)6-7/h7H,4-6H2,1-3H3,(H,12,15,17). The molecule has 0 aromatic heterocycles. The summed E-state index contributed by atoms with van der Waals surface area (Å²) in [5.41, 5.74) is -1.16. The van der Waals surface area contributed by atoms with Crippen molar-refractivity contribution in [3.05, 3.63) is 0 Å². The van der Waals surface area contributed by atoms with Crippen LogP contribution in [0.5, 0.6) is 0 Å². The number of likely N-dealkylation sites (tertiary alicyclic amines) is 1. The fraction of sp³-hybridized carbons (Fsp3) is 0.727. The first-order valence-electron chi connectivity index (χ1n) is 5.71. The van der Waals surface area contributed by atoms with Crippen molar-refractivity contribution in [2.45, 2.75) is 26.3 Å². The van der Waals surface area contributed by atoms with Crippen LogP contribution in [0.15, 0.2) is 0 Å². The van der Waals surface area contributed by atoms with Gasteiger partial charge in [0, 0.05) is 6.54 Å². The lowest BCUT2D eigenvalue weighted by molar-refractivity contribution is -0.150. The van der Waals surface area contributed by atoms with Gasteiger partial charge in [0.05, 0.1) is 6.04 Å². The minimum atomic E-state index is -1.16. The lowest BCUT2D eigenvalue weighted by Crippen LogP contribution is -2.64. The van der Waals surface area contributed by atoms with Gasteiger partial charge in [-0.25, -0.2) is 4.79 Å². The van der Waals surface area contributed by atoms with Crippen molar-refractivity contribution in [2.24, 2.45) is 5.41 Å². The van der Waals surface area contributed by atoms with E-state index in [4.69, 9.17) is 0 Å². The van der Waals surface area contributed by atoms with Crippen LogP contribution < -0.4 is 5.32 Å². The van der Waals surface area contributed by atoms with Crippen LogP contribution in [-0.4, -0.2) is 53.8 Å². The van der Waals surface area contributed by atoms with Crippen LogP contribution in [0.25, 0.3) is 0 Å². The number of nitrogens with zero attached hydrogens (tertiary/aromatic N) is 2. The van der Waals surface area contributed by atoms with E-state index >= 15 is 0 Å². The van der Waals surface area contributed by atoms with Gasteiger partial charge in [0.25, 0.3) is 0 Å². The van der Waals surface area contributed by atoms with Gasteiger partial charge in [-0.05, 0) is 33.9 Å². The van der Waals surface area contributed by atoms with E-state index in [1.807, 2.05) is 7.05 Å². The fourth-order valence-electron chi connectivity index (χ4n) is 2.26. The van der Waals surface area contributed by atoms with E-state index in [2.05, 4.69) is 10.2 Å². The molecule has 6 nitrogen and oxygen atoms in total. The van der Waals surface area contributed by atoms with Gasteiger partial charge in [-0.3, -0.25) is 19.8 Å². The van der Waals surface area contributed by atoms with Gasteiger partial charge >= 0.3 is 6.03 Å². The predicted molar refractivity (Wildman–Crippen MR) is 60.1 cm³/mol. The minimum absolute atomic E-state index is 0.125. The summed E-state index contributed by atoms with van der Waals surface area (Å²) in [5, 5.41) is 2.25. The van der Waals surface area contributed by atoms with Gasteiger partial charge in [0.1, 0.15) is 5.41 Å². The molecule has 2 aliphatic heterocycles. The number of nitrogens with one attached hydrogen (secondary N) is 1. The first-order chi connectivity index (χ1) is 7.84. The molecule has 0 radical (unpaired) electrons. The number of carbonyl (C=O) groups is 3. The Balaban J connectivity index is 2.24. The summed E-state index contributed by atoms with van der Waals surface area (Å²) in [4.78, 5) is 38.8. The highest BCUT2D eigenvalue weighted by Crippen LogP contribution is 2.27. The Hall–Kier alpha value is -1.43. The van der Waals surface area contributed by atoms with E-state index in [1.54, 1.807) is 13.8 Å². The van der Waals surface area contributed by atoms with Gasteiger partial charge in [0.15, 0.2) is 0 Å². The second-order valence-corrected chi connectivity index (χ2v) is 5.26. The lowest BCUT2D eigenvalue weighted by atomic mass is 9.88. The van der Waals surface area contributed by atoms with Crippen LogP contribution in [0, 0.1) is 5.41 Å². The Morgan fingerprint density at radius 3 is 2.47 bits per heavy atom. The zero-order valence-corrected chi connectivity index (χ0v) is 10.3. The maximum absolute atomic E-state index is 12.2. The van der Waals surface area contributed by atoms with E-state index in [0.29, 0.717) is 6.54 Å². The molecule has 6 heteroatoms. The Morgan fingerprint density at radius 1 is 1.29 bits per heavy atom. The van der Waals surface area contributed by atoms with Crippen LogP contribution in [0.1, 0.15) is 20.3 Å². The molecule has 2 heterocycles. The Labute approximate surface area is 99.9 Å². The molecular weight excluding hydrogens is 222 g/mol. The third-order valence-electron chi connectivity index (χ3n) is 3.49. The third kappa shape index (κ3) is 1.82. The van der Waals surface area contributed by atoms with Crippen molar-refractivity contribution in [1.29, 1.82) is 0 Å². The average molecular weight is 239 g/mol. The molecule has 4 amide bonds. The average Bonchev–Trinajstić information content (AvgIpc) is 2.63. The van der Waals surface area contributed by atoms with Gasteiger partial charge < -0.3 is 4.90 Å². The number of carbonyl (C=O) groups excluding carboxylic acids is 3. The molecule has 0 aliphatic carbocycles. The molecule has 1 unspecified atom stereocenters. The molecule has 0 bridgehead atoms. The summed E-state index contributed by atoms with van der Waals surface area (Å²) in [6.45, 7) is 4.62. The molecule has 1 atom stereocenters. The van der Waals surface area contributed by atoms with Crippen molar-refractivity contribution in [3.8, 4) is 0 Å². The molecule has 0 saturated carbocycles. The van der Waals surface area contributed by atoms with E-state index < -0.39 is 23.3 Å². The second-order valence-electron chi connectivity index (χ2n) is 5.26. The first kappa shape index (κ1) is 12.0. The number of imide groups is 2. The van der Waals surface area contributed by atoms with E-state index in [0.717, 1.165) is 13.0 Å². The SMILES string of the molecule is CN1CCC(N2C(=O)NC(=O)C(C)(C)C2=O)C1. The highest BCUT2D eigenvalue weighted by molar-refractivity contribution is 6.18. The Morgan fingerprint density at radius 2 is 1.94 bits per heavy atom. The molecule has 94 valence electrons. The summed E-state index contributed by atoms with van der Waals surface area (Å²) >= 11 is 0. The zero-order valence-electron chi connectivity index (χ0n) is 10.3. The largest absolute Gasteiger partial charge is 0.331 e. The minimum Gasteiger partial charge on any atom is -0.304 e. The summed E-state index contributed by atoms with van der Waals surface area (Å²) in [5.74, 6) is -0.915. The molecule has 0 spiro atoms. The number of hydrogen-bond donors (Lipinski definition) is 1. The van der Waals surface area contributed by atoms with Gasteiger partial charge in [-0.2, -0.15) is 0 Å². The zero-order chi connectivity index (χ0) is 12.8. The highest BCUT2D eigenvalue weighted by atomic mass is 16.2. The molecule has 0 aromatic carbocycles. The third-order valence-corrected chi connectivity index (χ3v) is 3.49. The molecule has 2 saturated heterocycles. The first-order valence-corrected chi connectivity index (χ1v) is 5.71. The van der Waals surface area contributed by atoms with E-state index in [1.165, 1.54) is 4.90 Å². The number of rotatable bonds is 1.